The maximum absolute atomic E-state index is 12.4. The molecule has 6 nitrogen and oxygen atoms in total. The molecule has 1 aliphatic rings. The van der Waals surface area contributed by atoms with Crippen LogP contribution < -0.4 is 10.6 Å². The predicted molar refractivity (Wildman–Crippen MR) is 89.0 cm³/mol. The third-order valence-corrected chi connectivity index (χ3v) is 3.96. The molecule has 1 aromatic carbocycles. The standard InChI is InChI=1S/C17H23N5O/c1-22(2)11-13-5-3-4-12(8-13)9-19-17(23)16-14-10-18-7-6-15(14)20-21-16/h3-5,8,18H,6-7,9-11H2,1-2H3,(H,19,23)(H,20,21). The van der Waals surface area contributed by atoms with Gasteiger partial charge in [0.15, 0.2) is 5.69 Å². The van der Waals surface area contributed by atoms with Crippen LogP contribution >= 0.6 is 0 Å². The summed E-state index contributed by atoms with van der Waals surface area (Å²) < 4.78 is 0. The highest BCUT2D eigenvalue weighted by Gasteiger charge is 2.21. The second kappa shape index (κ2) is 6.93. The minimum atomic E-state index is -0.121. The van der Waals surface area contributed by atoms with Gasteiger partial charge in [-0.1, -0.05) is 24.3 Å². The lowest BCUT2D eigenvalue weighted by molar-refractivity contribution is 0.0944. The molecular formula is C17H23N5O. The molecule has 23 heavy (non-hydrogen) atoms. The van der Waals surface area contributed by atoms with Gasteiger partial charge in [0.25, 0.3) is 5.91 Å². The highest BCUT2D eigenvalue weighted by Crippen LogP contribution is 2.15. The number of rotatable bonds is 5. The summed E-state index contributed by atoms with van der Waals surface area (Å²) in [6, 6.07) is 8.28. The van der Waals surface area contributed by atoms with Crippen LogP contribution in [0.15, 0.2) is 24.3 Å². The minimum Gasteiger partial charge on any atom is -0.347 e. The van der Waals surface area contributed by atoms with Crippen LogP contribution in [0.2, 0.25) is 0 Å². The van der Waals surface area contributed by atoms with Crippen LogP contribution in [-0.2, 0) is 26.1 Å². The Labute approximate surface area is 136 Å². The molecule has 0 saturated carbocycles. The van der Waals surface area contributed by atoms with Crippen molar-refractivity contribution in [2.24, 2.45) is 0 Å². The summed E-state index contributed by atoms with van der Waals surface area (Å²) in [5, 5.41) is 13.4. The number of hydrogen-bond acceptors (Lipinski definition) is 4. The average Bonchev–Trinajstić information content (AvgIpc) is 2.96. The van der Waals surface area contributed by atoms with E-state index in [1.54, 1.807) is 0 Å². The second-order valence-electron chi connectivity index (χ2n) is 6.20. The summed E-state index contributed by atoms with van der Waals surface area (Å²) in [5.41, 5.74) is 4.91. The van der Waals surface area contributed by atoms with Crippen molar-refractivity contribution in [3.05, 3.63) is 52.3 Å². The molecule has 3 N–H and O–H groups in total. The molecule has 1 aliphatic heterocycles. The number of aromatic amines is 1. The summed E-state index contributed by atoms with van der Waals surface area (Å²) in [7, 11) is 4.09. The fraction of sp³-hybridized carbons (Fsp3) is 0.412. The van der Waals surface area contributed by atoms with Crippen molar-refractivity contribution in [3.8, 4) is 0 Å². The number of H-pyrrole nitrogens is 1. The molecule has 0 spiro atoms. The first kappa shape index (κ1) is 15.7. The number of aromatic nitrogens is 2. The molecule has 2 heterocycles. The number of carbonyl (C=O) groups is 1. The fourth-order valence-corrected chi connectivity index (χ4v) is 2.88. The van der Waals surface area contributed by atoms with Crippen LogP contribution in [0.4, 0.5) is 0 Å². The monoisotopic (exact) mass is 313 g/mol. The van der Waals surface area contributed by atoms with Crippen LogP contribution in [0.3, 0.4) is 0 Å². The van der Waals surface area contributed by atoms with Gasteiger partial charge in [0.2, 0.25) is 0 Å². The minimum absolute atomic E-state index is 0.121. The molecule has 0 unspecified atom stereocenters. The summed E-state index contributed by atoms with van der Waals surface area (Å²) in [6.45, 7) is 3.03. The Morgan fingerprint density at radius 1 is 1.35 bits per heavy atom. The zero-order valence-corrected chi connectivity index (χ0v) is 13.6. The van der Waals surface area contributed by atoms with Crippen molar-refractivity contribution in [2.75, 3.05) is 20.6 Å². The van der Waals surface area contributed by atoms with E-state index in [1.807, 2.05) is 26.2 Å². The van der Waals surface area contributed by atoms with Gasteiger partial charge in [-0.15, -0.1) is 0 Å². The van der Waals surface area contributed by atoms with E-state index in [9.17, 15) is 4.79 Å². The van der Waals surface area contributed by atoms with E-state index < -0.39 is 0 Å². The molecule has 0 radical (unpaired) electrons. The molecule has 0 saturated heterocycles. The lowest BCUT2D eigenvalue weighted by atomic mass is 10.1. The van der Waals surface area contributed by atoms with Crippen molar-refractivity contribution in [3.63, 3.8) is 0 Å². The van der Waals surface area contributed by atoms with Crippen LogP contribution in [0, 0.1) is 0 Å². The number of amides is 1. The number of nitrogens with zero attached hydrogens (tertiary/aromatic N) is 2. The van der Waals surface area contributed by atoms with Crippen LogP contribution in [0.5, 0.6) is 0 Å². The normalized spacial score (nSPS) is 13.9. The highest BCUT2D eigenvalue weighted by atomic mass is 16.1. The molecule has 1 amide bonds. The Bertz CT molecular complexity index is 692. The van der Waals surface area contributed by atoms with Gasteiger partial charge in [-0.3, -0.25) is 9.89 Å². The molecule has 0 fully saturated rings. The number of hydrogen-bond donors (Lipinski definition) is 3. The van der Waals surface area contributed by atoms with Crippen molar-refractivity contribution in [1.29, 1.82) is 0 Å². The van der Waals surface area contributed by atoms with Crippen LogP contribution in [-0.4, -0.2) is 41.6 Å². The Kier molecular flexibility index (Phi) is 4.73. The van der Waals surface area contributed by atoms with E-state index in [0.717, 1.165) is 36.3 Å². The second-order valence-corrected chi connectivity index (χ2v) is 6.20. The van der Waals surface area contributed by atoms with E-state index in [0.29, 0.717) is 18.8 Å². The van der Waals surface area contributed by atoms with Gasteiger partial charge in [-0.05, 0) is 25.2 Å². The lowest BCUT2D eigenvalue weighted by Crippen LogP contribution is -2.28. The average molecular weight is 313 g/mol. The maximum Gasteiger partial charge on any atom is 0.272 e. The van der Waals surface area contributed by atoms with E-state index in [4.69, 9.17) is 0 Å². The number of nitrogens with one attached hydrogen (secondary N) is 3. The molecule has 2 aromatic rings. The fourth-order valence-electron chi connectivity index (χ4n) is 2.88. The topological polar surface area (TPSA) is 73.0 Å². The van der Waals surface area contributed by atoms with Crippen molar-refractivity contribution in [2.45, 2.75) is 26.1 Å². The number of benzene rings is 1. The lowest BCUT2D eigenvalue weighted by Gasteiger charge is -2.13. The van der Waals surface area contributed by atoms with Crippen molar-refractivity contribution in [1.82, 2.24) is 25.7 Å². The van der Waals surface area contributed by atoms with Gasteiger partial charge < -0.3 is 15.5 Å². The van der Waals surface area contributed by atoms with Gasteiger partial charge >= 0.3 is 0 Å². The van der Waals surface area contributed by atoms with E-state index in [1.165, 1.54) is 5.56 Å². The van der Waals surface area contributed by atoms with Gasteiger partial charge in [-0.25, -0.2) is 0 Å². The Balaban J connectivity index is 1.64. The van der Waals surface area contributed by atoms with Gasteiger partial charge in [0.1, 0.15) is 0 Å². The Morgan fingerprint density at radius 2 is 2.17 bits per heavy atom. The molecule has 3 rings (SSSR count). The number of carbonyl (C=O) groups excluding carboxylic acids is 1. The quantitative estimate of drug-likeness (QED) is 0.771. The van der Waals surface area contributed by atoms with E-state index in [2.05, 4.69) is 37.9 Å². The SMILES string of the molecule is CN(C)Cc1cccc(CNC(=O)c2n[nH]c3c2CNCC3)c1. The third-order valence-electron chi connectivity index (χ3n) is 3.96. The van der Waals surface area contributed by atoms with Crippen molar-refractivity contribution >= 4 is 5.91 Å². The molecule has 0 atom stereocenters. The van der Waals surface area contributed by atoms with Gasteiger partial charge in [0, 0.05) is 43.9 Å². The first-order chi connectivity index (χ1) is 11.1. The smallest absolute Gasteiger partial charge is 0.272 e. The maximum atomic E-state index is 12.4. The van der Waals surface area contributed by atoms with Gasteiger partial charge in [-0.2, -0.15) is 5.10 Å². The van der Waals surface area contributed by atoms with Crippen LogP contribution in [0.1, 0.15) is 32.9 Å². The predicted octanol–water partition coefficient (Wildman–Crippen LogP) is 1.05. The van der Waals surface area contributed by atoms with E-state index in [-0.39, 0.29) is 5.91 Å². The summed E-state index contributed by atoms with van der Waals surface area (Å²) in [4.78, 5) is 14.5. The Morgan fingerprint density at radius 3 is 3.00 bits per heavy atom. The zero-order valence-electron chi connectivity index (χ0n) is 13.6. The van der Waals surface area contributed by atoms with Gasteiger partial charge in [0.05, 0.1) is 0 Å². The summed E-state index contributed by atoms with van der Waals surface area (Å²) in [6.07, 6.45) is 0.891. The summed E-state index contributed by atoms with van der Waals surface area (Å²) >= 11 is 0. The van der Waals surface area contributed by atoms with Crippen LogP contribution in [0.25, 0.3) is 0 Å². The summed E-state index contributed by atoms with van der Waals surface area (Å²) in [5.74, 6) is -0.121. The first-order valence-corrected chi connectivity index (χ1v) is 7.91. The van der Waals surface area contributed by atoms with Crippen molar-refractivity contribution < 1.29 is 4.79 Å². The first-order valence-electron chi connectivity index (χ1n) is 7.91. The molecule has 0 bridgehead atoms. The van der Waals surface area contributed by atoms with E-state index >= 15 is 0 Å². The molecule has 6 heteroatoms. The molecule has 0 aliphatic carbocycles. The third kappa shape index (κ3) is 3.78. The zero-order chi connectivity index (χ0) is 16.2. The Hall–Kier alpha value is -2.18. The highest BCUT2D eigenvalue weighted by molar-refractivity contribution is 5.94. The number of fused-ring (bicyclic) bond motifs is 1. The molecule has 1 aromatic heterocycles. The molecular weight excluding hydrogens is 290 g/mol. The molecule has 122 valence electrons. The largest absolute Gasteiger partial charge is 0.347 e.